The lowest BCUT2D eigenvalue weighted by atomic mass is 9.83. The van der Waals surface area contributed by atoms with Gasteiger partial charge in [-0.1, -0.05) is 18.2 Å². The molecular weight excluding hydrogens is 324 g/mol. The fourth-order valence-electron chi connectivity index (χ4n) is 3.16. The topological polar surface area (TPSA) is 84.9 Å². The van der Waals surface area contributed by atoms with E-state index in [0.717, 1.165) is 17.7 Å². The molecule has 25 heavy (non-hydrogen) atoms. The van der Waals surface area contributed by atoms with Crippen molar-refractivity contribution in [1.82, 2.24) is 10.2 Å². The predicted octanol–water partition coefficient (Wildman–Crippen LogP) is 1.56. The van der Waals surface area contributed by atoms with E-state index in [1.54, 1.807) is 19.3 Å². The molecule has 7 heteroatoms. The molecule has 2 rings (SSSR count). The van der Waals surface area contributed by atoms with Gasteiger partial charge in [-0.05, 0) is 25.2 Å². The van der Waals surface area contributed by atoms with Crippen molar-refractivity contribution in [3.63, 3.8) is 0 Å². The monoisotopic (exact) mass is 348 g/mol. The molecule has 1 saturated heterocycles. The first-order chi connectivity index (χ1) is 12.0. The van der Waals surface area contributed by atoms with Crippen molar-refractivity contribution in [2.45, 2.75) is 31.5 Å². The van der Waals surface area contributed by atoms with Crippen LogP contribution < -0.4 is 5.32 Å². The van der Waals surface area contributed by atoms with Crippen LogP contribution in [0.3, 0.4) is 0 Å². The summed E-state index contributed by atoms with van der Waals surface area (Å²) in [6, 6.07) is -0.719. The van der Waals surface area contributed by atoms with E-state index in [2.05, 4.69) is 18.5 Å². The van der Waals surface area contributed by atoms with Crippen molar-refractivity contribution in [3.8, 4) is 0 Å². The minimum atomic E-state index is -0.719. The number of allylic oxidation sites excluding steroid dienone is 1. The number of barbiturate groups is 1. The first kappa shape index (κ1) is 19.1. The van der Waals surface area contributed by atoms with Gasteiger partial charge in [0.15, 0.2) is 0 Å². The third kappa shape index (κ3) is 4.43. The van der Waals surface area contributed by atoms with Crippen LogP contribution in [-0.2, 0) is 19.1 Å². The van der Waals surface area contributed by atoms with Crippen molar-refractivity contribution in [2.75, 3.05) is 20.3 Å². The van der Waals surface area contributed by atoms with E-state index in [1.807, 2.05) is 0 Å². The standard InChI is InChI=1S/C18H24N2O5/c1-4-8-20-17(22)13(16(21)19-18(20)23)10-12-6-7-14(25-9-5-2)15(11-12)24-3/h4-5,10,12,14-15H,1-2,6-9,11H2,3H3,(H,19,21,23)/b13-10-. The maximum absolute atomic E-state index is 12.4. The van der Waals surface area contributed by atoms with Crippen LogP contribution in [0.1, 0.15) is 19.3 Å². The summed E-state index contributed by atoms with van der Waals surface area (Å²) < 4.78 is 11.2. The first-order valence-electron chi connectivity index (χ1n) is 8.27. The lowest BCUT2D eigenvalue weighted by Crippen LogP contribution is -2.54. The van der Waals surface area contributed by atoms with Crippen molar-refractivity contribution in [1.29, 1.82) is 0 Å². The molecule has 0 aromatic heterocycles. The summed E-state index contributed by atoms with van der Waals surface area (Å²) in [7, 11) is 1.62. The molecule has 1 heterocycles. The third-order valence-electron chi connectivity index (χ3n) is 4.40. The van der Waals surface area contributed by atoms with E-state index in [1.165, 1.54) is 6.08 Å². The predicted molar refractivity (Wildman–Crippen MR) is 91.6 cm³/mol. The first-order valence-corrected chi connectivity index (χ1v) is 8.27. The number of nitrogens with zero attached hydrogens (tertiary/aromatic N) is 1. The van der Waals surface area contributed by atoms with Crippen LogP contribution in [0.15, 0.2) is 37.0 Å². The Bertz CT molecular complexity index is 598. The van der Waals surface area contributed by atoms with E-state index >= 15 is 0 Å². The highest BCUT2D eigenvalue weighted by Gasteiger charge is 2.37. The zero-order chi connectivity index (χ0) is 18.4. The van der Waals surface area contributed by atoms with Crippen LogP contribution in [0.2, 0.25) is 0 Å². The lowest BCUT2D eigenvalue weighted by Gasteiger charge is -2.34. The second kappa shape index (κ2) is 8.73. The van der Waals surface area contributed by atoms with Gasteiger partial charge >= 0.3 is 6.03 Å². The highest BCUT2D eigenvalue weighted by atomic mass is 16.5. The van der Waals surface area contributed by atoms with Gasteiger partial charge in [0.05, 0.1) is 18.8 Å². The van der Waals surface area contributed by atoms with E-state index in [4.69, 9.17) is 9.47 Å². The number of imide groups is 2. The Hall–Kier alpha value is -2.25. The largest absolute Gasteiger partial charge is 0.379 e. The summed E-state index contributed by atoms with van der Waals surface area (Å²) in [5.41, 5.74) is -0.00763. The minimum Gasteiger partial charge on any atom is -0.379 e. The molecular formula is C18H24N2O5. The summed E-state index contributed by atoms with van der Waals surface area (Å²) in [5.74, 6) is -1.25. The number of hydrogen-bond acceptors (Lipinski definition) is 5. The average Bonchev–Trinajstić information content (AvgIpc) is 2.60. The molecule has 3 unspecified atom stereocenters. The van der Waals surface area contributed by atoms with Crippen molar-refractivity contribution in [2.24, 2.45) is 5.92 Å². The van der Waals surface area contributed by atoms with Gasteiger partial charge in [-0.2, -0.15) is 0 Å². The zero-order valence-corrected chi connectivity index (χ0v) is 14.4. The molecule has 0 aromatic rings. The molecule has 136 valence electrons. The number of methoxy groups -OCH3 is 1. The van der Waals surface area contributed by atoms with Gasteiger partial charge in [-0.15, -0.1) is 13.2 Å². The Morgan fingerprint density at radius 3 is 2.60 bits per heavy atom. The Balaban J connectivity index is 2.11. The maximum Gasteiger partial charge on any atom is 0.331 e. The Morgan fingerprint density at radius 1 is 1.20 bits per heavy atom. The molecule has 2 fully saturated rings. The molecule has 2 aliphatic rings. The molecule has 0 radical (unpaired) electrons. The third-order valence-corrected chi connectivity index (χ3v) is 4.40. The zero-order valence-electron chi connectivity index (χ0n) is 14.4. The fraction of sp³-hybridized carbons (Fsp3) is 0.500. The summed E-state index contributed by atoms with van der Waals surface area (Å²) in [6.07, 6.45) is 6.78. The maximum atomic E-state index is 12.4. The van der Waals surface area contributed by atoms with Gasteiger partial charge in [0.1, 0.15) is 5.57 Å². The van der Waals surface area contributed by atoms with E-state index in [-0.39, 0.29) is 30.2 Å². The summed E-state index contributed by atoms with van der Waals surface area (Å²) >= 11 is 0. The Labute approximate surface area is 147 Å². The quantitative estimate of drug-likeness (QED) is 0.429. The van der Waals surface area contributed by atoms with Gasteiger partial charge in [0.2, 0.25) is 0 Å². The van der Waals surface area contributed by atoms with E-state index in [9.17, 15) is 14.4 Å². The number of amides is 4. The summed E-state index contributed by atoms with van der Waals surface area (Å²) in [4.78, 5) is 37.2. The van der Waals surface area contributed by atoms with Crippen LogP contribution in [0.5, 0.6) is 0 Å². The van der Waals surface area contributed by atoms with E-state index in [0.29, 0.717) is 13.0 Å². The van der Waals surface area contributed by atoms with Gasteiger partial charge in [0, 0.05) is 13.7 Å². The lowest BCUT2D eigenvalue weighted by molar-refractivity contribution is -0.130. The van der Waals surface area contributed by atoms with Gasteiger partial charge < -0.3 is 9.47 Å². The smallest absolute Gasteiger partial charge is 0.331 e. The number of carbonyl (C=O) groups excluding carboxylic acids is 3. The second-order valence-electron chi connectivity index (χ2n) is 6.05. The molecule has 1 aliphatic heterocycles. The number of urea groups is 1. The van der Waals surface area contributed by atoms with Gasteiger partial charge in [0.25, 0.3) is 11.8 Å². The molecule has 1 saturated carbocycles. The van der Waals surface area contributed by atoms with Gasteiger partial charge in [-0.3, -0.25) is 19.8 Å². The highest BCUT2D eigenvalue weighted by molar-refractivity contribution is 6.28. The van der Waals surface area contributed by atoms with Crippen molar-refractivity contribution < 1.29 is 23.9 Å². The molecule has 0 spiro atoms. The van der Waals surface area contributed by atoms with Crippen molar-refractivity contribution >= 4 is 17.8 Å². The molecule has 0 aromatic carbocycles. The SMILES string of the molecule is C=CCOC1CCC(/C=C2/C(=O)NC(=O)N(CC=C)C2=O)CC1OC. The van der Waals surface area contributed by atoms with Gasteiger partial charge in [-0.25, -0.2) is 4.79 Å². The molecule has 1 N–H and O–H groups in total. The number of nitrogens with one attached hydrogen (secondary N) is 1. The molecule has 7 nitrogen and oxygen atoms in total. The average molecular weight is 348 g/mol. The molecule has 0 bridgehead atoms. The molecule has 4 amide bonds. The van der Waals surface area contributed by atoms with Crippen molar-refractivity contribution in [3.05, 3.63) is 37.0 Å². The van der Waals surface area contributed by atoms with E-state index < -0.39 is 17.8 Å². The summed E-state index contributed by atoms with van der Waals surface area (Å²) in [6.45, 7) is 7.67. The summed E-state index contributed by atoms with van der Waals surface area (Å²) in [5, 5.41) is 2.19. The fourth-order valence-corrected chi connectivity index (χ4v) is 3.16. The number of rotatable bonds is 7. The van der Waals surface area contributed by atoms with Crippen LogP contribution in [0, 0.1) is 5.92 Å². The molecule has 1 aliphatic carbocycles. The van der Waals surface area contributed by atoms with Crippen LogP contribution in [-0.4, -0.2) is 55.2 Å². The normalized spacial score (nSPS) is 28.8. The molecule has 3 atom stereocenters. The van der Waals surface area contributed by atoms with Crippen LogP contribution in [0.4, 0.5) is 4.79 Å². The number of ether oxygens (including phenoxy) is 2. The Morgan fingerprint density at radius 2 is 1.96 bits per heavy atom. The Kier molecular flexibility index (Phi) is 6.66. The highest BCUT2D eigenvalue weighted by Crippen LogP contribution is 2.30. The number of carbonyl (C=O) groups is 3. The van der Waals surface area contributed by atoms with Crippen LogP contribution >= 0.6 is 0 Å². The minimum absolute atomic E-state index is 0.00276. The van der Waals surface area contributed by atoms with Crippen LogP contribution in [0.25, 0.3) is 0 Å². The second-order valence-corrected chi connectivity index (χ2v) is 6.05. The number of hydrogen-bond donors (Lipinski definition) is 1.